The predicted molar refractivity (Wildman–Crippen MR) is 99.0 cm³/mol. The van der Waals surface area contributed by atoms with E-state index in [0.29, 0.717) is 5.56 Å². The Kier molecular flexibility index (Phi) is 4.19. The minimum absolute atomic E-state index is 0.0462. The first-order chi connectivity index (χ1) is 13.3. The maximum atomic E-state index is 13.2. The summed E-state index contributed by atoms with van der Waals surface area (Å²) in [5, 5.41) is 23.0. The van der Waals surface area contributed by atoms with Crippen LogP contribution in [0.5, 0.6) is 5.75 Å². The molecule has 2 fully saturated rings. The van der Waals surface area contributed by atoms with Gasteiger partial charge in [0.25, 0.3) is 0 Å². The van der Waals surface area contributed by atoms with Gasteiger partial charge in [0.1, 0.15) is 11.3 Å². The third kappa shape index (κ3) is 2.58. The van der Waals surface area contributed by atoms with E-state index in [2.05, 4.69) is 5.32 Å². The molecule has 0 aliphatic carbocycles. The molecule has 0 unspecified atom stereocenters. The number of rotatable bonds is 4. The molecule has 0 aromatic heterocycles. The molecule has 2 aliphatic heterocycles. The number of phenolic OH excluding ortho intramolecular Hbond substituents is 1. The van der Waals surface area contributed by atoms with Crippen LogP contribution in [0, 0.1) is 11.8 Å². The molecule has 0 bridgehead atoms. The average molecular weight is 380 g/mol. The zero-order valence-electron chi connectivity index (χ0n) is 15.2. The Morgan fingerprint density at radius 3 is 2.36 bits per heavy atom. The van der Waals surface area contributed by atoms with Gasteiger partial charge in [-0.25, -0.2) is 0 Å². The maximum Gasteiger partial charge on any atom is 0.324 e. The second-order valence-corrected chi connectivity index (χ2v) is 7.44. The van der Waals surface area contributed by atoms with E-state index in [9.17, 15) is 24.6 Å². The van der Waals surface area contributed by atoms with Crippen molar-refractivity contribution in [2.24, 2.45) is 11.8 Å². The molecule has 144 valence electrons. The Morgan fingerprint density at radius 1 is 1.07 bits per heavy atom. The number of nitrogens with zero attached hydrogens (tertiary/aromatic N) is 1. The quantitative estimate of drug-likeness (QED) is 0.697. The van der Waals surface area contributed by atoms with Crippen molar-refractivity contribution in [1.29, 1.82) is 0 Å². The van der Waals surface area contributed by atoms with Gasteiger partial charge in [-0.3, -0.25) is 24.6 Å². The van der Waals surface area contributed by atoms with Crippen LogP contribution in [0.1, 0.15) is 24.1 Å². The lowest BCUT2D eigenvalue weighted by Gasteiger charge is -2.27. The first-order valence-electron chi connectivity index (χ1n) is 9.02. The fourth-order valence-corrected chi connectivity index (χ4v) is 4.33. The summed E-state index contributed by atoms with van der Waals surface area (Å²) in [4.78, 5) is 39.5. The van der Waals surface area contributed by atoms with Gasteiger partial charge in [-0.1, -0.05) is 48.5 Å². The number of likely N-dealkylation sites (tertiary alicyclic amines) is 1. The van der Waals surface area contributed by atoms with E-state index < -0.39 is 41.2 Å². The van der Waals surface area contributed by atoms with Crippen LogP contribution in [0.25, 0.3) is 0 Å². The van der Waals surface area contributed by atoms with Crippen molar-refractivity contribution >= 4 is 17.8 Å². The van der Waals surface area contributed by atoms with E-state index in [4.69, 9.17) is 0 Å². The summed E-state index contributed by atoms with van der Waals surface area (Å²) in [6.07, 6.45) is 0. The number of imide groups is 1. The number of carbonyl (C=O) groups is 3. The Bertz CT molecular complexity index is 960. The molecule has 3 N–H and O–H groups in total. The van der Waals surface area contributed by atoms with E-state index in [1.807, 2.05) is 30.3 Å². The van der Waals surface area contributed by atoms with Crippen molar-refractivity contribution in [1.82, 2.24) is 10.2 Å². The van der Waals surface area contributed by atoms with Crippen LogP contribution in [0.15, 0.2) is 54.6 Å². The molecule has 0 radical (unpaired) electrons. The third-order valence-corrected chi connectivity index (χ3v) is 5.78. The number of phenols is 1. The first kappa shape index (κ1) is 18.2. The lowest BCUT2D eigenvalue weighted by molar-refractivity contribution is -0.150. The maximum absolute atomic E-state index is 13.2. The fourth-order valence-electron chi connectivity index (χ4n) is 4.33. The normalized spacial score (nSPS) is 29.2. The Balaban J connectivity index is 1.76. The highest BCUT2D eigenvalue weighted by Gasteiger charge is 2.66. The highest BCUT2D eigenvalue weighted by atomic mass is 16.4. The van der Waals surface area contributed by atoms with E-state index in [1.165, 1.54) is 13.0 Å². The van der Waals surface area contributed by atoms with Gasteiger partial charge in [0.15, 0.2) is 0 Å². The molecule has 2 amide bonds. The van der Waals surface area contributed by atoms with Gasteiger partial charge < -0.3 is 10.2 Å². The number of aromatic hydroxyl groups is 1. The van der Waals surface area contributed by atoms with E-state index >= 15 is 0 Å². The van der Waals surface area contributed by atoms with E-state index in [0.717, 1.165) is 10.5 Å². The van der Waals surface area contributed by atoms with Crippen LogP contribution in [0.4, 0.5) is 0 Å². The number of carbonyl (C=O) groups excluding carboxylic acids is 2. The molecule has 2 aromatic rings. The van der Waals surface area contributed by atoms with Gasteiger partial charge in [-0.2, -0.15) is 0 Å². The van der Waals surface area contributed by atoms with Crippen molar-refractivity contribution in [2.45, 2.75) is 25.0 Å². The zero-order valence-corrected chi connectivity index (χ0v) is 15.2. The van der Waals surface area contributed by atoms with Gasteiger partial charge in [-0.15, -0.1) is 0 Å². The topological polar surface area (TPSA) is 107 Å². The lowest BCUT2D eigenvalue weighted by Crippen LogP contribution is -2.53. The Morgan fingerprint density at radius 2 is 1.71 bits per heavy atom. The van der Waals surface area contributed by atoms with Crippen LogP contribution in [0.3, 0.4) is 0 Å². The molecular weight excluding hydrogens is 360 g/mol. The molecule has 2 aliphatic rings. The second-order valence-electron chi connectivity index (χ2n) is 7.44. The van der Waals surface area contributed by atoms with Gasteiger partial charge in [0.2, 0.25) is 11.8 Å². The molecule has 4 rings (SSSR count). The molecule has 7 nitrogen and oxygen atoms in total. The van der Waals surface area contributed by atoms with E-state index in [-0.39, 0.29) is 12.3 Å². The number of hydrogen-bond acceptors (Lipinski definition) is 5. The molecule has 0 saturated carbocycles. The molecule has 28 heavy (non-hydrogen) atoms. The number of benzene rings is 2. The monoisotopic (exact) mass is 380 g/mol. The third-order valence-electron chi connectivity index (χ3n) is 5.78. The summed E-state index contributed by atoms with van der Waals surface area (Å²) in [5.41, 5.74) is -0.422. The van der Waals surface area contributed by atoms with Crippen LogP contribution in [-0.2, 0) is 20.9 Å². The van der Waals surface area contributed by atoms with Crippen molar-refractivity contribution in [3.63, 3.8) is 0 Å². The molecule has 2 heterocycles. The van der Waals surface area contributed by atoms with Gasteiger partial charge in [0, 0.05) is 11.6 Å². The van der Waals surface area contributed by atoms with Gasteiger partial charge in [-0.05, 0) is 18.6 Å². The van der Waals surface area contributed by atoms with Crippen molar-refractivity contribution in [2.75, 3.05) is 0 Å². The van der Waals surface area contributed by atoms with Crippen LogP contribution < -0.4 is 5.32 Å². The molecule has 7 heteroatoms. The highest BCUT2D eigenvalue weighted by molar-refractivity contribution is 6.09. The van der Waals surface area contributed by atoms with Crippen LogP contribution in [0.2, 0.25) is 0 Å². The molecular formula is C21H20N2O5. The minimum atomic E-state index is -1.62. The molecule has 0 spiro atoms. The van der Waals surface area contributed by atoms with Crippen LogP contribution >= 0.6 is 0 Å². The number of hydrogen-bond donors (Lipinski definition) is 3. The number of amides is 2. The molecule has 4 atom stereocenters. The van der Waals surface area contributed by atoms with Crippen molar-refractivity contribution in [3.05, 3.63) is 65.7 Å². The number of nitrogens with one attached hydrogen (secondary N) is 1. The largest absolute Gasteiger partial charge is 0.508 e. The minimum Gasteiger partial charge on any atom is -0.508 e. The van der Waals surface area contributed by atoms with E-state index in [1.54, 1.807) is 18.2 Å². The second kappa shape index (κ2) is 6.45. The number of para-hydroxylation sites is 1. The first-order valence-corrected chi connectivity index (χ1v) is 9.02. The lowest BCUT2D eigenvalue weighted by atomic mass is 9.80. The molecule has 2 saturated heterocycles. The summed E-state index contributed by atoms with van der Waals surface area (Å²) < 4.78 is 0. The highest BCUT2D eigenvalue weighted by Crippen LogP contribution is 2.50. The smallest absolute Gasteiger partial charge is 0.324 e. The number of carboxylic acid groups (broad SMARTS) is 1. The van der Waals surface area contributed by atoms with Gasteiger partial charge in [0.05, 0.1) is 18.4 Å². The Labute approximate surface area is 161 Å². The predicted octanol–water partition coefficient (Wildman–Crippen LogP) is 1.68. The number of fused-ring (bicyclic) bond motifs is 1. The van der Waals surface area contributed by atoms with Crippen LogP contribution in [-0.4, -0.2) is 38.4 Å². The fraction of sp³-hybridized carbons (Fsp3) is 0.286. The summed E-state index contributed by atoms with van der Waals surface area (Å²) in [5.74, 6) is -4.13. The van der Waals surface area contributed by atoms with Gasteiger partial charge >= 0.3 is 5.97 Å². The summed E-state index contributed by atoms with van der Waals surface area (Å²) in [6.45, 7) is 1.51. The Hall–Kier alpha value is -3.19. The summed E-state index contributed by atoms with van der Waals surface area (Å²) >= 11 is 0. The van der Waals surface area contributed by atoms with Crippen molar-refractivity contribution < 1.29 is 24.6 Å². The summed E-state index contributed by atoms with van der Waals surface area (Å²) in [7, 11) is 0. The SMILES string of the molecule is C[C@]1(C(=O)O)N[C@H](c2ccccc2O)[C@H]2C(=O)N(Cc3ccccc3)C(=O)[C@H]21. The number of carboxylic acids is 1. The molecule has 2 aromatic carbocycles. The van der Waals surface area contributed by atoms with Crippen molar-refractivity contribution in [3.8, 4) is 5.75 Å². The summed E-state index contributed by atoms with van der Waals surface area (Å²) in [6, 6.07) is 14.8. The zero-order chi connectivity index (χ0) is 20.1. The average Bonchev–Trinajstić information content (AvgIpc) is 3.12. The number of aliphatic carboxylic acids is 1. The standard InChI is InChI=1S/C21H20N2O5/c1-21(20(27)28)16-15(17(22-21)13-9-5-6-10-14(13)24)18(25)23(19(16)26)11-12-7-3-2-4-8-12/h2-10,15-17,22,24H,11H2,1H3,(H,27,28)/t15-,16-,17+,21-/m0/s1.